The molecule has 0 spiro atoms. The van der Waals surface area contributed by atoms with Gasteiger partial charge < -0.3 is 15.5 Å². The van der Waals surface area contributed by atoms with Gasteiger partial charge in [-0.25, -0.2) is 4.98 Å². The number of nitrogens with one attached hydrogen (secondary N) is 2. The minimum Gasteiger partial charge on any atom is -0.363 e. The molecule has 1 fully saturated rings. The summed E-state index contributed by atoms with van der Waals surface area (Å²) in [7, 11) is 3.93. The van der Waals surface area contributed by atoms with E-state index in [1.54, 1.807) is 6.20 Å². The summed E-state index contributed by atoms with van der Waals surface area (Å²) in [4.78, 5) is 23.3. The fourth-order valence-electron chi connectivity index (χ4n) is 3.40. The molecular weight excluding hydrogens is 350 g/mol. The van der Waals surface area contributed by atoms with Crippen LogP contribution in [0.5, 0.6) is 0 Å². The lowest BCUT2D eigenvalue weighted by Crippen LogP contribution is -2.40. The van der Waals surface area contributed by atoms with Crippen molar-refractivity contribution in [2.45, 2.75) is 44.7 Å². The molecule has 0 saturated heterocycles. The molecule has 0 bridgehead atoms. The van der Waals surface area contributed by atoms with E-state index in [0.29, 0.717) is 12.0 Å². The summed E-state index contributed by atoms with van der Waals surface area (Å²) >= 11 is 0. The molecule has 28 heavy (non-hydrogen) atoms. The van der Waals surface area contributed by atoms with E-state index >= 15 is 0 Å². The second kappa shape index (κ2) is 9.35. The van der Waals surface area contributed by atoms with Crippen LogP contribution in [0.2, 0.25) is 0 Å². The van der Waals surface area contributed by atoms with Crippen molar-refractivity contribution in [1.29, 1.82) is 0 Å². The third-order valence-electron chi connectivity index (χ3n) is 5.04. The van der Waals surface area contributed by atoms with Gasteiger partial charge in [0.2, 0.25) is 11.9 Å². The van der Waals surface area contributed by atoms with Gasteiger partial charge in [0.1, 0.15) is 5.82 Å². The van der Waals surface area contributed by atoms with Gasteiger partial charge >= 0.3 is 0 Å². The number of benzene rings is 1. The van der Waals surface area contributed by atoms with Crippen molar-refractivity contribution >= 4 is 23.7 Å². The van der Waals surface area contributed by atoms with Crippen molar-refractivity contribution in [3.8, 4) is 0 Å². The van der Waals surface area contributed by atoms with Crippen molar-refractivity contribution < 1.29 is 4.79 Å². The van der Waals surface area contributed by atoms with Gasteiger partial charge in [-0.1, -0.05) is 30.3 Å². The molecule has 1 aliphatic rings. The van der Waals surface area contributed by atoms with Crippen LogP contribution in [-0.2, 0) is 4.79 Å². The maximum Gasteiger partial charge on any atom is 0.247 e. The first kappa shape index (κ1) is 19.9. The van der Waals surface area contributed by atoms with Gasteiger partial charge in [0, 0.05) is 37.9 Å². The fraction of sp³-hybridized carbons (Fsp3) is 0.409. The molecule has 6 heteroatoms. The van der Waals surface area contributed by atoms with Gasteiger partial charge in [0.15, 0.2) is 0 Å². The number of hydrogen-bond acceptors (Lipinski definition) is 5. The number of anilines is 2. The maximum absolute atomic E-state index is 12.5. The molecule has 0 unspecified atom stereocenters. The molecule has 0 atom stereocenters. The molecule has 1 aromatic carbocycles. The number of hydrogen-bond donors (Lipinski definition) is 2. The highest BCUT2D eigenvalue weighted by molar-refractivity contribution is 5.97. The lowest BCUT2D eigenvalue weighted by Gasteiger charge is -2.30. The van der Waals surface area contributed by atoms with Crippen LogP contribution < -0.4 is 15.5 Å². The van der Waals surface area contributed by atoms with Gasteiger partial charge in [0.05, 0.1) is 0 Å². The largest absolute Gasteiger partial charge is 0.363 e. The van der Waals surface area contributed by atoms with E-state index in [-0.39, 0.29) is 11.9 Å². The summed E-state index contributed by atoms with van der Waals surface area (Å²) in [5, 5.41) is 6.61. The maximum atomic E-state index is 12.5. The van der Waals surface area contributed by atoms with Crippen LogP contribution in [-0.4, -0.2) is 42.1 Å². The van der Waals surface area contributed by atoms with E-state index in [1.165, 1.54) is 0 Å². The molecule has 1 saturated carbocycles. The van der Waals surface area contributed by atoms with Crippen LogP contribution in [0.4, 0.5) is 11.8 Å². The van der Waals surface area contributed by atoms with E-state index in [4.69, 9.17) is 0 Å². The molecule has 1 aromatic heterocycles. The number of aromatic nitrogens is 2. The topological polar surface area (TPSA) is 70.2 Å². The number of rotatable bonds is 6. The van der Waals surface area contributed by atoms with Crippen LogP contribution in [0.25, 0.3) is 6.08 Å². The van der Waals surface area contributed by atoms with Crippen molar-refractivity contribution in [1.82, 2.24) is 15.3 Å². The Morgan fingerprint density at radius 2 is 1.75 bits per heavy atom. The molecule has 2 N–H and O–H groups in total. The quantitative estimate of drug-likeness (QED) is 0.752. The zero-order chi connectivity index (χ0) is 19.9. The number of nitrogens with zero attached hydrogens (tertiary/aromatic N) is 3. The minimum atomic E-state index is 0.0160. The Labute approximate surface area is 167 Å². The normalized spacial score (nSPS) is 19.8. The third kappa shape index (κ3) is 5.55. The van der Waals surface area contributed by atoms with Crippen molar-refractivity contribution in [3.05, 3.63) is 53.7 Å². The lowest BCUT2D eigenvalue weighted by molar-refractivity contribution is -0.118. The van der Waals surface area contributed by atoms with E-state index in [2.05, 4.69) is 20.6 Å². The predicted molar refractivity (Wildman–Crippen MR) is 114 cm³/mol. The average Bonchev–Trinajstić information content (AvgIpc) is 2.70. The van der Waals surface area contributed by atoms with Crippen LogP contribution >= 0.6 is 0 Å². The Balaban J connectivity index is 1.48. The van der Waals surface area contributed by atoms with E-state index < -0.39 is 0 Å². The van der Waals surface area contributed by atoms with E-state index in [1.807, 2.05) is 68.4 Å². The van der Waals surface area contributed by atoms with Crippen molar-refractivity contribution in [3.63, 3.8) is 0 Å². The molecule has 1 aliphatic carbocycles. The zero-order valence-electron chi connectivity index (χ0n) is 16.9. The predicted octanol–water partition coefficient (Wildman–Crippen LogP) is 3.49. The second-order valence-corrected chi connectivity index (χ2v) is 7.54. The fourth-order valence-corrected chi connectivity index (χ4v) is 3.40. The first-order chi connectivity index (χ1) is 13.5. The van der Waals surface area contributed by atoms with Gasteiger partial charge in [-0.05, 0) is 50.3 Å². The standard InChI is InChI=1S/C22H29N5O/c1-16(15-17-7-5-4-6-8-17)21(28)24-18-9-11-19(12-10-18)25-22-23-14-13-20(26-22)27(2)3/h4-8,13-15,18-19H,9-12H2,1-3H3,(H,24,28)(H,23,25,26). The molecule has 3 rings (SSSR count). The molecule has 1 amide bonds. The summed E-state index contributed by atoms with van der Waals surface area (Å²) in [6.45, 7) is 1.87. The van der Waals surface area contributed by atoms with Crippen molar-refractivity contribution in [2.75, 3.05) is 24.3 Å². The Morgan fingerprint density at radius 3 is 2.43 bits per heavy atom. The van der Waals surface area contributed by atoms with Crippen molar-refractivity contribution in [2.24, 2.45) is 0 Å². The first-order valence-electron chi connectivity index (χ1n) is 9.82. The summed E-state index contributed by atoms with van der Waals surface area (Å²) < 4.78 is 0. The number of carbonyl (C=O) groups excluding carboxylic acids is 1. The molecule has 1 heterocycles. The van der Waals surface area contributed by atoms with Crippen LogP contribution in [0.3, 0.4) is 0 Å². The second-order valence-electron chi connectivity index (χ2n) is 7.54. The van der Waals surface area contributed by atoms with E-state index in [9.17, 15) is 4.79 Å². The average molecular weight is 380 g/mol. The van der Waals surface area contributed by atoms with Crippen LogP contribution in [0, 0.1) is 0 Å². The summed E-state index contributed by atoms with van der Waals surface area (Å²) in [5.41, 5.74) is 1.78. The number of carbonyl (C=O) groups is 1. The van der Waals surface area contributed by atoms with Gasteiger partial charge in [0.25, 0.3) is 0 Å². The molecule has 148 valence electrons. The highest BCUT2D eigenvalue weighted by Crippen LogP contribution is 2.22. The monoisotopic (exact) mass is 379 g/mol. The van der Waals surface area contributed by atoms with Gasteiger partial charge in [-0.15, -0.1) is 0 Å². The smallest absolute Gasteiger partial charge is 0.247 e. The number of amides is 1. The lowest BCUT2D eigenvalue weighted by atomic mass is 9.91. The van der Waals surface area contributed by atoms with E-state index in [0.717, 1.165) is 42.6 Å². The SMILES string of the molecule is CC(=Cc1ccccc1)C(=O)NC1CCC(Nc2nccc(N(C)C)n2)CC1. The first-order valence-corrected chi connectivity index (χ1v) is 9.82. The molecule has 6 nitrogen and oxygen atoms in total. The van der Waals surface area contributed by atoms with Gasteiger partial charge in [-0.2, -0.15) is 4.98 Å². The Bertz CT molecular complexity index is 811. The summed E-state index contributed by atoms with van der Waals surface area (Å²) in [6.07, 6.45) is 7.59. The molecule has 2 aromatic rings. The highest BCUT2D eigenvalue weighted by atomic mass is 16.1. The highest BCUT2D eigenvalue weighted by Gasteiger charge is 2.23. The Morgan fingerprint density at radius 1 is 1.07 bits per heavy atom. The van der Waals surface area contributed by atoms with Crippen LogP contribution in [0.1, 0.15) is 38.2 Å². The van der Waals surface area contributed by atoms with Gasteiger partial charge in [-0.3, -0.25) is 4.79 Å². The molecule has 0 radical (unpaired) electrons. The summed E-state index contributed by atoms with van der Waals surface area (Å²) in [5.74, 6) is 1.57. The molecular formula is C22H29N5O. The minimum absolute atomic E-state index is 0.0160. The zero-order valence-corrected chi connectivity index (χ0v) is 16.9. The Hall–Kier alpha value is -2.89. The molecule has 0 aliphatic heterocycles. The third-order valence-corrected chi connectivity index (χ3v) is 5.04. The Kier molecular flexibility index (Phi) is 6.63. The summed E-state index contributed by atoms with van der Waals surface area (Å²) in [6, 6.07) is 12.4. The van der Waals surface area contributed by atoms with Crippen LogP contribution in [0.15, 0.2) is 48.2 Å².